The van der Waals surface area contributed by atoms with Crippen molar-refractivity contribution in [1.29, 1.82) is 0 Å². The van der Waals surface area contributed by atoms with E-state index < -0.39 is 0 Å². The van der Waals surface area contributed by atoms with Crippen LogP contribution in [0.5, 0.6) is 0 Å². The summed E-state index contributed by atoms with van der Waals surface area (Å²) < 4.78 is 0. The Morgan fingerprint density at radius 2 is 2.38 bits per heavy atom. The number of nitrogens with two attached hydrogens (primary N) is 1. The second-order valence-electron chi connectivity index (χ2n) is 2.32. The van der Waals surface area contributed by atoms with Crippen molar-refractivity contribution in [3.05, 3.63) is 40.3 Å². The van der Waals surface area contributed by atoms with E-state index in [1.54, 1.807) is 12.1 Å². The van der Waals surface area contributed by atoms with Gasteiger partial charge in [0, 0.05) is 16.2 Å². The first-order valence-corrected chi connectivity index (χ1v) is 3.68. The van der Waals surface area contributed by atoms with Gasteiger partial charge in [-0.1, -0.05) is 23.0 Å². The van der Waals surface area contributed by atoms with Crippen LogP contribution in [0.4, 0.5) is 5.69 Å². The Hall–Kier alpha value is -2.11. The SMILES string of the molecule is [N-]=[N+]=NCC#Cc1cccc(N)c1. The molecule has 0 heterocycles. The predicted octanol–water partition coefficient (Wildman–Crippen LogP) is 1.93. The summed E-state index contributed by atoms with van der Waals surface area (Å²) in [4.78, 5) is 2.58. The second-order valence-corrected chi connectivity index (χ2v) is 2.32. The molecule has 0 aliphatic carbocycles. The zero-order chi connectivity index (χ0) is 9.52. The van der Waals surface area contributed by atoms with Crippen molar-refractivity contribution in [2.45, 2.75) is 0 Å². The molecule has 0 saturated carbocycles. The smallest absolute Gasteiger partial charge is 0.0880 e. The fourth-order valence-electron chi connectivity index (χ4n) is 0.825. The first kappa shape index (κ1) is 8.98. The third-order valence-electron chi connectivity index (χ3n) is 1.33. The predicted molar refractivity (Wildman–Crippen MR) is 51.7 cm³/mol. The number of benzene rings is 1. The second kappa shape index (κ2) is 4.70. The standard InChI is InChI=1S/C9H8N4/c10-9-5-1-3-8(7-9)4-2-6-12-13-11/h1,3,5,7H,6,10H2. The molecule has 13 heavy (non-hydrogen) atoms. The monoisotopic (exact) mass is 172 g/mol. The molecule has 0 aliphatic heterocycles. The van der Waals surface area contributed by atoms with E-state index >= 15 is 0 Å². The van der Waals surface area contributed by atoms with Crippen molar-refractivity contribution >= 4 is 5.69 Å². The average Bonchev–Trinajstić information content (AvgIpc) is 2.13. The Kier molecular flexibility index (Phi) is 3.25. The molecule has 0 fully saturated rings. The summed E-state index contributed by atoms with van der Waals surface area (Å²) in [6.45, 7) is 0.186. The number of nitrogen functional groups attached to an aromatic ring is 1. The van der Waals surface area contributed by atoms with E-state index in [-0.39, 0.29) is 6.54 Å². The van der Waals surface area contributed by atoms with Crippen LogP contribution in [0.2, 0.25) is 0 Å². The molecule has 4 heteroatoms. The summed E-state index contributed by atoms with van der Waals surface area (Å²) >= 11 is 0. The number of rotatable bonds is 1. The molecule has 1 rings (SSSR count). The van der Waals surface area contributed by atoms with Gasteiger partial charge < -0.3 is 5.73 Å². The van der Waals surface area contributed by atoms with Gasteiger partial charge >= 0.3 is 0 Å². The van der Waals surface area contributed by atoms with Crippen LogP contribution >= 0.6 is 0 Å². The summed E-state index contributed by atoms with van der Waals surface area (Å²) in [5.41, 5.74) is 15.0. The van der Waals surface area contributed by atoms with Gasteiger partial charge in [-0.2, -0.15) is 0 Å². The quantitative estimate of drug-likeness (QED) is 0.227. The minimum absolute atomic E-state index is 0.186. The number of azide groups is 1. The van der Waals surface area contributed by atoms with E-state index in [1.165, 1.54) is 0 Å². The molecule has 0 bridgehead atoms. The van der Waals surface area contributed by atoms with Crippen LogP contribution in [0.25, 0.3) is 10.4 Å². The van der Waals surface area contributed by atoms with E-state index in [1.807, 2.05) is 12.1 Å². The number of hydrogen-bond donors (Lipinski definition) is 1. The van der Waals surface area contributed by atoms with E-state index in [9.17, 15) is 0 Å². The molecule has 0 spiro atoms. The molecule has 0 saturated heterocycles. The minimum atomic E-state index is 0.186. The van der Waals surface area contributed by atoms with Crippen molar-refractivity contribution in [2.75, 3.05) is 12.3 Å². The Morgan fingerprint density at radius 1 is 1.54 bits per heavy atom. The van der Waals surface area contributed by atoms with Gasteiger partial charge in [-0.3, -0.25) is 0 Å². The van der Waals surface area contributed by atoms with Crippen LogP contribution in [0, 0.1) is 11.8 Å². The molecule has 0 radical (unpaired) electrons. The first-order valence-electron chi connectivity index (χ1n) is 3.68. The van der Waals surface area contributed by atoms with E-state index in [0.717, 1.165) is 5.56 Å². The summed E-state index contributed by atoms with van der Waals surface area (Å²) in [7, 11) is 0. The largest absolute Gasteiger partial charge is 0.399 e. The highest BCUT2D eigenvalue weighted by atomic mass is 15.1. The highest BCUT2D eigenvalue weighted by Crippen LogP contribution is 2.04. The third-order valence-corrected chi connectivity index (χ3v) is 1.33. The van der Waals surface area contributed by atoms with Crippen LogP contribution < -0.4 is 5.73 Å². The van der Waals surface area contributed by atoms with Gasteiger partial charge in [0.05, 0.1) is 6.54 Å². The van der Waals surface area contributed by atoms with Crippen molar-refractivity contribution in [1.82, 2.24) is 0 Å². The molecule has 0 aromatic heterocycles. The van der Waals surface area contributed by atoms with Crippen LogP contribution in [0.1, 0.15) is 5.56 Å². The van der Waals surface area contributed by atoms with E-state index in [0.29, 0.717) is 5.69 Å². The molecule has 1 aromatic rings. The highest BCUT2D eigenvalue weighted by molar-refractivity contribution is 5.47. The summed E-state index contributed by atoms with van der Waals surface area (Å²) in [5.74, 6) is 5.53. The maximum Gasteiger partial charge on any atom is 0.0880 e. The molecule has 64 valence electrons. The number of hydrogen-bond acceptors (Lipinski definition) is 2. The van der Waals surface area contributed by atoms with Crippen LogP contribution in [0.15, 0.2) is 29.4 Å². The maximum atomic E-state index is 7.98. The lowest BCUT2D eigenvalue weighted by molar-refractivity contribution is 1.25. The Balaban J connectivity index is 2.71. The van der Waals surface area contributed by atoms with Crippen molar-refractivity contribution in [3.8, 4) is 11.8 Å². The van der Waals surface area contributed by atoms with Gasteiger partial charge in [0.2, 0.25) is 0 Å². The van der Waals surface area contributed by atoms with Crippen LogP contribution in [-0.4, -0.2) is 6.54 Å². The zero-order valence-electron chi connectivity index (χ0n) is 6.94. The van der Waals surface area contributed by atoms with Gasteiger partial charge in [0.1, 0.15) is 0 Å². The Morgan fingerprint density at radius 3 is 3.08 bits per heavy atom. The van der Waals surface area contributed by atoms with Crippen LogP contribution in [0.3, 0.4) is 0 Å². The highest BCUT2D eigenvalue weighted by Gasteiger charge is 1.85. The molecule has 4 nitrogen and oxygen atoms in total. The number of nitrogens with zero attached hydrogens (tertiary/aromatic N) is 3. The molecule has 0 amide bonds. The fraction of sp³-hybridized carbons (Fsp3) is 0.111. The third kappa shape index (κ3) is 3.19. The molecular formula is C9H8N4. The van der Waals surface area contributed by atoms with Crippen LogP contribution in [-0.2, 0) is 0 Å². The van der Waals surface area contributed by atoms with Gasteiger partial charge in [-0.05, 0) is 23.7 Å². The average molecular weight is 172 g/mol. The van der Waals surface area contributed by atoms with E-state index in [2.05, 4.69) is 21.9 Å². The van der Waals surface area contributed by atoms with Crippen molar-refractivity contribution in [2.24, 2.45) is 5.11 Å². The molecular weight excluding hydrogens is 164 g/mol. The summed E-state index contributed by atoms with van der Waals surface area (Å²) in [6.07, 6.45) is 0. The topological polar surface area (TPSA) is 74.8 Å². The molecule has 0 atom stereocenters. The molecule has 0 aliphatic rings. The number of anilines is 1. The molecule has 0 unspecified atom stereocenters. The fourth-order valence-corrected chi connectivity index (χ4v) is 0.825. The summed E-state index contributed by atoms with van der Waals surface area (Å²) in [5, 5.41) is 3.28. The molecule has 2 N–H and O–H groups in total. The first-order chi connectivity index (χ1) is 6.33. The minimum Gasteiger partial charge on any atom is -0.399 e. The maximum absolute atomic E-state index is 7.98. The lowest BCUT2D eigenvalue weighted by atomic mass is 10.2. The lowest BCUT2D eigenvalue weighted by Crippen LogP contribution is -1.84. The van der Waals surface area contributed by atoms with Crippen molar-refractivity contribution < 1.29 is 0 Å². The Bertz CT molecular complexity index is 394. The normalized spacial score (nSPS) is 8.00. The summed E-state index contributed by atoms with van der Waals surface area (Å²) in [6, 6.07) is 7.23. The van der Waals surface area contributed by atoms with Gasteiger partial charge in [-0.15, -0.1) is 0 Å². The van der Waals surface area contributed by atoms with Crippen molar-refractivity contribution in [3.63, 3.8) is 0 Å². The molecule has 1 aromatic carbocycles. The van der Waals surface area contributed by atoms with E-state index in [4.69, 9.17) is 11.3 Å². The van der Waals surface area contributed by atoms with Gasteiger partial charge in [0.25, 0.3) is 0 Å². The Labute approximate surface area is 76.0 Å². The van der Waals surface area contributed by atoms with Gasteiger partial charge in [0.15, 0.2) is 0 Å². The van der Waals surface area contributed by atoms with Gasteiger partial charge in [-0.25, -0.2) is 0 Å². The lowest BCUT2D eigenvalue weighted by Gasteiger charge is -1.91. The zero-order valence-corrected chi connectivity index (χ0v) is 6.94.